The van der Waals surface area contributed by atoms with Gasteiger partial charge in [0.2, 0.25) is 0 Å². The lowest BCUT2D eigenvalue weighted by molar-refractivity contribution is -0.146. The normalized spacial score (nSPS) is 18.9. The first kappa shape index (κ1) is 25.8. The van der Waals surface area contributed by atoms with Crippen LogP contribution in [-0.2, 0) is 33.8 Å². The van der Waals surface area contributed by atoms with Crippen molar-refractivity contribution in [3.05, 3.63) is 47.2 Å². The molecule has 1 aromatic carbocycles. The molecular formula is C27H38N6O4. The van der Waals surface area contributed by atoms with Crippen molar-refractivity contribution in [3.63, 3.8) is 0 Å². The number of benzene rings is 1. The minimum absolute atomic E-state index is 0.185. The van der Waals surface area contributed by atoms with Crippen molar-refractivity contribution < 1.29 is 19.0 Å². The van der Waals surface area contributed by atoms with Gasteiger partial charge in [0, 0.05) is 57.9 Å². The van der Waals surface area contributed by atoms with Gasteiger partial charge in [-0.05, 0) is 24.9 Å². The molecular weight excluding hydrogens is 472 g/mol. The topological polar surface area (TPSA) is 92.3 Å². The number of esters is 1. The number of carbonyl (C=O) groups excluding carboxylic acids is 1. The number of aromatic nitrogens is 2. The van der Waals surface area contributed by atoms with E-state index < -0.39 is 0 Å². The Bertz CT molecular complexity index is 1010. The second kappa shape index (κ2) is 13.1. The van der Waals surface area contributed by atoms with E-state index in [9.17, 15) is 4.79 Å². The lowest BCUT2D eigenvalue weighted by Gasteiger charge is -2.36. The Hall–Kier alpha value is -2.79. The zero-order valence-corrected chi connectivity index (χ0v) is 21.6. The lowest BCUT2D eigenvalue weighted by Crippen LogP contribution is -2.49. The van der Waals surface area contributed by atoms with Gasteiger partial charge in [-0.1, -0.05) is 30.3 Å². The van der Waals surface area contributed by atoms with Crippen molar-refractivity contribution in [3.8, 4) is 6.01 Å². The van der Waals surface area contributed by atoms with E-state index in [1.165, 1.54) is 5.56 Å². The Morgan fingerprint density at radius 1 is 1.00 bits per heavy atom. The average Bonchev–Trinajstić information content (AvgIpc) is 2.95. The molecule has 5 rings (SSSR count). The number of morpholine rings is 1. The van der Waals surface area contributed by atoms with Crippen LogP contribution >= 0.6 is 0 Å². The van der Waals surface area contributed by atoms with Crippen molar-refractivity contribution in [2.75, 3.05) is 83.6 Å². The Balaban J connectivity index is 1.12. The van der Waals surface area contributed by atoms with Gasteiger partial charge in [-0.3, -0.25) is 14.6 Å². The average molecular weight is 511 g/mol. The highest BCUT2D eigenvalue weighted by Gasteiger charge is 2.26. The minimum atomic E-state index is -0.185. The molecule has 0 amide bonds. The van der Waals surface area contributed by atoms with Crippen molar-refractivity contribution in [1.82, 2.24) is 25.1 Å². The number of fused-ring (bicyclic) bond motifs is 1. The van der Waals surface area contributed by atoms with Crippen LogP contribution in [0.5, 0.6) is 6.01 Å². The quantitative estimate of drug-likeness (QED) is 0.370. The summed E-state index contributed by atoms with van der Waals surface area (Å²) >= 11 is 0. The number of piperazine rings is 1. The van der Waals surface area contributed by atoms with Crippen molar-refractivity contribution >= 4 is 11.8 Å². The van der Waals surface area contributed by atoms with E-state index in [1.807, 2.05) is 30.3 Å². The number of nitrogens with zero attached hydrogens (tertiary/aromatic N) is 5. The molecule has 4 heterocycles. The molecule has 200 valence electrons. The molecule has 3 aliphatic heterocycles. The maximum absolute atomic E-state index is 12.4. The van der Waals surface area contributed by atoms with Crippen LogP contribution in [-0.4, -0.2) is 104 Å². The molecule has 0 unspecified atom stereocenters. The van der Waals surface area contributed by atoms with E-state index in [4.69, 9.17) is 24.2 Å². The Morgan fingerprint density at radius 3 is 2.62 bits per heavy atom. The highest BCUT2D eigenvalue weighted by atomic mass is 16.5. The molecule has 2 aromatic rings. The van der Waals surface area contributed by atoms with Crippen LogP contribution in [0.15, 0.2) is 30.3 Å². The van der Waals surface area contributed by atoms with Crippen molar-refractivity contribution in [2.24, 2.45) is 0 Å². The van der Waals surface area contributed by atoms with Gasteiger partial charge in [0.15, 0.2) is 0 Å². The second-order valence-electron chi connectivity index (χ2n) is 9.75. The first-order valence-corrected chi connectivity index (χ1v) is 13.4. The van der Waals surface area contributed by atoms with Gasteiger partial charge in [0.25, 0.3) is 0 Å². The number of rotatable bonds is 10. The van der Waals surface area contributed by atoms with Gasteiger partial charge in [0.1, 0.15) is 12.4 Å². The Labute approximate surface area is 218 Å². The van der Waals surface area contributed by atoms with Crippen LogP contribution < -0.4 is 15.0 Å². The molecule has 1 N–H and O–H groups in total. The van der Waals surface area contributed by atoms with Crippen LogP contribution in [0.25, 0.3) is 0 Å². The molecule has 0 spiro atoms. The predicted octanol–water partition coefficient (Wildman–Crippen LogP) is 1.09. The van der Waals surface area contributed by atoms with Gasteiger partial charge in [-0.2, -0.15) is 9.97 Å². The summed E-state index contributed by atoms with van der Waals surface area (Å²) in [6.07, 6.45) is 1.85. The summed E-state index contributed by atoms with van der Waals surface area (Å²) in [7, 11) is 0. The van der Waals surface area contributed by atoms with E-state index >= 15 is 0 Å². The predicted molar refractivity (Wildman–Crippen MR) is 140 cm³/mol. The largest absolute Gasteiger partial charge is 0.463 e. The summed E-state index contributed by atoms with van der Waals surface area (Å²) in [5.41, 5.74) is 3.25. The van der Waals surface area contributed by atoms with E-state index in [1.54, 1.807) is 0 Å². The molecule has 2 saturated heterocycles. The third-order valence-electron chi connectivity index (χ3n) is 7.12. The summed E-state index contributed by atoms with van der Waals surface area (Å²) < 4.78 is 16.9. The lowest BCUT2D eigenvalue weighted by atomic mass is 10.1. The van der Waals surface area contributed by atoms with Crippen LogP contribution in [0.1, 0.15) is 23.2 Å². The third-order valence-corrected chi connectivity index (χ3v) is 7.12. The zero-order valence-electron chi connectivity index (χ0n) is 21.6. The van der Waals surface area contributed by atoms with Gasteiger partial charge < -0.3 is 24.4 Å². The van der Waals surface area contributed by atoms with Crippen LogP contribution in [0.3, 0.4) is 0 Å². The number of nitrogens with one attached hydrogen (secondary N) is 1. The summed E-state index contributed by atoms with van der Waals surface area (Å²) in [5.74, 6) is 0.802. The molecule has 10 heteroatoms. The van der Waals surface area contributed by atoms with Gasteiger partial charge in [0.05, 0.1) is 32.1 Å². The fourth-order valence-corrected chi connectivity index (χ4v) is 5.00. The van der Waals surface area contributed by atoms with Crippen LogP contribution in [0, 0.1) is 0 Å². The standard InChI is InChI=1S/C27H38N6O4/c34-25(37-21-22-5-2-1-3-6-22)20-32-10-12-33(13-11-32)26-23-7-8-28-19-24(23)29-27(30-26)36-16-4-9-31-14-17-35-18-15-31/h1-3,5-6,28H,4,7-21H2. The van der Waals surface area contributed by atoms with E-state index in [-0.39, 0.29) is 5.97 Å². The smallest absolute Gasteiger partial charge is 0.320 e. The van der Waals surface area contributed by atoms with E-state index in [2.05, 4.69) is 20.0 Å². The number of hydrogen-bond acceptors (Lipinski definition) is 10. The third kappa shape index (κ3) is 7.38. The molecule has 0 atom stereocenters. The first-order valence-electron chi connectivity index (χ1n) is 13.4. The van der Waals surface area contributed by atoms with Crippen molar-refractivity contribution in [1.29, 1.82) is 0 Å². The minimum Gasteiger partial charge on any atom is -0.463 e. The summed E-state index contributed by atoms with van der Waals surface area (Å²) in [5, 5.41) is 3.42. The molecule has 0 radical (unpaired) electrons. The molecule has 0 bridgehead atoms. The molecule has 3 aliphatic rings. The fourth-order valence-electron chi connectivity index (χ4n) is 5.00. The monoisotopic (exact) mass is 510 g/mol. The molecule has 0 aliphatic carbocycles. The van der Waals surface area contributed by atoms with Crippen molar-refractivity contribution in [2.45, 2.75) is 26.0 Å². The van der Waals surface area contributed by atoms with Gasteiger partial charge in [-0.15, -0.1) is 0 Å². The highest BCUT2D eigenvalue weighted by molar-refractivity contribution is 5.71. The maximum Gasteiger partial charge on any atom is 0.320 e. The summed E-state index contributed by atoms with van der Waals surface area (Å²) in [6.45, 7) is 10.7. The number of ether oxygens (including phenoxy) is 3. The van der Waals surface area contributed by atoms with E-state index in [0.29, 0.717) is 25.8 Å². The highest BCUT2D eigenvalue weighted by Crippen LogP contribution is 2.27. The number of anilines is 1. The van der Waals surface area contributed by atoms with Crippen LogP contribution in [0.4, 0.5) is 5.82 Å². The van der Waals surface area contributed by atoms with Gasteiger partial charge >= 0.3 is 12.0 Å². The Kier molecular flexibility index (Phi) is 9.18. The SMILES string of the molecule is O=C(CN1CCN(c2nc(OCCCN3CCOCC3)nc3c2CCNC3)CC1)OCc1ccccc1. The Morgan fingerprint density at radius 2 is 1.81 bits per heavy atom. The number of carbonyl (C=O) groups is 1. The summed E-state index contributed by atoms with van der Waals surface area (Å²) in [4.78, 5) is 28.8. The molecule has 0 saturated carbocycles. The summed E-state index contributed by atoms with van der Waals surface area (Å²) in [6, 6.07) is 10.3. The van der Waals surface area contributed by atoms with E-state index in [0.717, 1.165) is 102 Å². The zero-order chi connectivity index (χ0) is 25.3. The van der Waals surface area contributed by atoms with Gasteiger partial charge in [-0.25, -0.2) is 0 Å². The molecule has 10 nitrogen and oxygen atoms in total. The maximum atomic E-state index is 12.4. The number of hydrogen-bond donors (Lipinski definition) is 1. The van der Waals surface area contributed by atoms with Crippen LogP contribution in [0.2, 0.25) is 0 Å². The second-order valence-corrected chi connectivity index (χ2v) is 9.75. The molecule has 2 fully saturated rings. The molecule has 37 heavy (non-hydrogen) atoms. The fraction of sp³-hybridized carbons (Fsp3) is 0.593. The molecule has 1 aromatic heterocycles. The first-order chi connectivity index (χ1) is 18.2.